The Labute approximate surface area is 186 Å². The van der Waals surface area contributed by atoms with Crippen molar-refractivity contribution in [1.29, 1.82) is 0 Å². The van der Waals surface area contributed by atoms with Crippen LogP contribution in [0.4, 0.5) is 0 Å². The normalized spacial score (nSPS) is 11.9. The molecule has 1 amide bonds. The molecule has 0 bridgehead atoms. The first-order chi connectivity index (χ1) is 15.5. The van der Waals surface area contributed by atoms with Crippen molar-refractivity contribution < 1.29 is 23.5 Å². The number of esters is 1. The molecule has 4 rings (SSSR count). The number of fused-ring (bicyclic) bond motifs is 2. The maximum Gasteiger partial charge on any atom is 0.349 e. The molecular formula is C23H20N2O6S. The van der Waals surface area contributed by atoms with E-state index in [9.17, 15) is 14.4 Å². The minimum atomic E-state index is -0.743. The van der Waals surface area contributed by atoms with E-state index in [0.717, 1.165) is 10.2 Å². The number of carbonyl (C=O) groups excluding carboxylic acids is 2. The van der Waals surface area contributed by atoms with Crippen LogP contribution in [-0.2, 0) is 16.0 Å². The van der Waals surface area contributed by atoms with Gasteiger partial charge in [0.05, 0.1) is 29.5 Å². The summed E-state index contributed by atoms with van der Waals surface area (Å²) in [4.78, 5) is 41.8. The fraction of sp³-hybridized carbons (Fsp3) is 0.217. The van der Waals surface area contributed by atoms with Crippen molar-refractivity contribution in [2.45, 2.75) is 13.5 Å². The lowest BCUT2D eigenvalue weighted by Gasteiger charge is -2.06. The smallest absolute Gasteiger partial charge is 0.349 e. The van der Waals surface area contributed by atoms with E-state index in [2.05, 4.69) is 4.99 Å². The molecule has 164 valence electrons. The lowest BCUT2D eigenvalue weighted by molar-refractivity contribution is 0.0600. The second-order valence-electron chi connectivity index (χ2n) is 6.81. The number of hydrogen-bond donors (Lipinski definition) is 0. The van der Waals surface area contributed by atoms with Crippen molar-refractivity contribution >= 4 is 44.4 Å². The number of para-hydroxylation sites is 1. The number of benzene rings is 2. The minimum absolute atomic E-state index is 0.146. The van der Waals surface area contributed by atoms with Crippen molar-refractivity contribution in [2.75, 3.05) is 20.3 Å². The summed E-state index contributed by atoms with van der Waals surface area (Å²) in [7, 11) is 1.32. The zero-order chi connectivity index (χ0) is 22.7. The van der Waals surface area contributed by atoms with Gasteiger partial charge in [-0.15, -0.1) is 0 Å². The molecule has 0 atom stereocenters. The molecule has 0 fully saturated rings. The number of hydrogen-bond acceptors (Lipinski definition) is 7. The van der Waals surface area contributed by atoms with Crippen LogP contribution in [-0.4, -0.2) is 36.8 Å². The molecule has 9 heteroatoms. The molecule has 0 N–H and O–H groups in total. The highest BCUT2D eigenvalue weighted by atomic mass is 32.1. The summed E-state index contributed by atoms with van der Waals surface area (Å²) in [5, 5.41) is 0.633. The third-order valence-electron chi connectivity index (χ3n) is 4.84. The van der Waals surface area contributed by atoms with E-state index in [0.29, 0.717) is 41.1 Å². The summed E-state index contributed by atoms with van der Waals surface area (Å²) in [5.41, 5.74) is 0.698. The molecule has 0 aliphatic carbocycles. The molecule has 0 saturated carbocycles. The van der Waals surface area contributed by atoms with Gasteiger partial charge in [0.1, 0.15) is 11.1 Å². The maximum atomic E-state index is 12.9. The molecule has 4 aromatic rings. The monoisotopic (exact) mass is 452 g/mol. The third-order valence-corrected chi connectivity index (χ3v) is 5.88. The molecule has 0 unspecified atom stereocenters. The summed E-state index contributed by atoms with van der Waals surface area (Å²) >= 11 is 1.24. The minimum Gasteiger partial charge on any atom is -0.465 e. The Hall–Kier alpha value is -3.56. The van der Waals surface area contributed by atoms with Gasteiger partial charge in [0.2, 0.25) is 0 Å². The SMILES string of the molecule is CCOCCn1c(=NC(=O)c2cc3ccccc3oc2=O)sc2cc(C(=O)OC)ccc21. The van der Waals surface area contributed by atoms with Gasteiger partial charge in [-0.2, -0.15) is 4.99 Å². The van der Waals surface area contributed by atoms with E-state index >= 15 is 0 Å². The topological polar surface area (TPSA) is 100 Å². The molecule has 0 radical (unpaired) electrons. The summed E-state index contributed by atoms with van der Waals surface area (Å²) in [5.74, 6) is -1.15. The molecule has 32 heavy (non-hydrogen) atoms. The molecule has 2 aromatic heterocycles. The fourth-order valence-electron chi connectivity index (χ4n) is 3.28. The standard InChI is InChI=1S/C23H20N2O6S/c1-3-30-11-10-25-17-9-8-15(21(27)29-2)13-19(17)32-23(25)24-20(26)16-12-14-6-4-5-7-18(14)31-22(16)28/h4-9,12-13H,3,10-11H2,1-2H3. The van der Waals surface area contributed by atoms with Crippen molar-refractivity contribution in [1.82, 2.24) is 4.57 Å². The number of aromatic nitrogens is 1. The van der Waals surface area contributed by atoms with E-state index < -0.39 is 17.5 Å². The zero-order valence-electron chi connectivity index (χ0n) is 17.5. The first-order valence-corrected chi connectivity index (χ1v) is 10.7. The number of carbonyl (C=O) groups is 2. The van der Waals surface area contributed by atoms with Crippen LogP contribution in [0.25, 0.3) is 21.2 Å². The Bertz CT molecular complexity index is 1450. The van der Waals surface area contributed by atoms with E-state index in [4.69, 9.17) is 13.9 Å². The van der Waals surface area contributed by atoms with Crippen LogP contribution in [0.1, 0.15) is 27.6 Å². The highest BCUT2D eigenvalue weighted by molar-refractivity contribution is 7.16. The van der Waals surface area contributed by atoms with Gasteiger partial charge in [0.25, 0.3) is 5.91 Å². The molecule has 0 aliphatic rings. The molecule has 2 heterocycles. The average molecular weight is 452 g/mol. The number of thiazole rings is 1. The van der Waals surface area contributed by atoms with Crippen LogP contribution < -0.4 is 10.4 Å². The highest BCUT2D eigenvalue weighted by Gasteiger charge is 2.16. The second kappa shape index (κ2) is 9.29. The Morgan fingerprint density at radius 3 is 2.75 bits per heavy atom. The number of methoxy groups -OCH3 is 1. The van der Waals surface area contributed by atoms with E-state index in [-0.39, 0.29) is 5.56 Å². The summed E-state index contributed by atoms with van der Waals surface area (Å²) in [6, 6.07) is 13.6. The molecule has 2 aromatic carbocycles. The van der Waals surface area contributed by atoms with Crippen molar-refractivity contribution in [2.24, 2.45) is 4.99 Å². The first-order valence-electron chi connectivity index (χ1n) is 9.93. The van der Waals surface area contributed by atoms with Crippen molar-refractivity contribution in [3.05, 3.63) is 74.9 Å². The Morgan fingerprint density at radius 1 is 1.16 bits per heavy atom. The van der Waals surface area contributed by atoms with Crippen LogP contribution in [0, 0.1) is 0 Å². The third kappa shape index (κ3) is 4.25. The van der Waals surface area contributed by atoms with Gasteiger partial charge in [-0.1, -0.05) is 29.5 Å². The molecule has 8 nitrogen and oxygen atoms in total. The molecular weight excluding hydrogens is 432 g/mol. The van der Waals surface area contributed by atoms with E-state index in [1.807, 2.05) is 11.5 Å². The predicted octanol–water partition coefficient (Wildman–Crippen LogP) is 3.37. The maximum absolute atomic E-state index is 12.9. The second-order valence-corrected chi connectivity index (χ2v) is 7.82. The number of rotatable bonds is 6. The van der Waals surface area contributed by atoms with Crippen LogP contribution in [0.2, 0.25) is 0 Å². The lowest BCUT2D eigenvalue weighted by Crippen LogP contribution is -2.21. The quantitative estimate of drug-likeness (QED) is 0.253. The van der Waals surface area contributed by atoms with Gasteiger partial charge in [-0.3, -0.25) is 4.79 Å². The van der Waals surface area contributed by atoms with Gasteiger partial charge in [-0.05, 0) is 37.3 Å². The summed E-state index contributed by atoms with van der Waals surface area (Å²) in [6.07, 6.45) is 0. The zero-order valence-corrected chi connectivity index (χ0v) is 18.3. The molecule has 0 spiro atoms. The van der Waals surface area contributed by atoms with Crippen LogP contribution >= 0.6 is 11.3 Å². The fourth-order valence-corrected chi connectivity index (χ4v) is 4.37. The highest BCUT2D eigenvalue weighted by Crippen LogP contribution is 2.20. The summed E-state index contributed by atoms with van der Waals surface area (Å²) < 4.78 is 18.1. The Morgan fingerprint density at radius 2 is 1.97 bits per heavy atom. The predicted molar refractivity (Wildman–Crippen MR) is 120 cm³/mol. The molecule has 0 aliphatic heterocycles. The largest absolute Gasteiger partial charge is 0.465 e. The lowest BCUT2D eigenvalue weighted by atomic mass is 10.2. The average Bonchev–Trinajstić information content (AvgIpc) is 3.14. The van der Waals surface area contributed by atoms with Gasteiger partial charge >= 0.3 is 11.6 Å². The number of ether oxygens (including phenoxy) is 2. The van der Waals surface area contributed by atoms with E-state index in [1.165, 1.54) is 24.5 Å². The van der Waals surface area contributed by atoms with Crippen LogP contribution in [0.15, 0.2) is 62.7 Å². The Balaban J connectivity index is 1.83. The van der Waals surface area contributed by atoms with Gasteiger partial charge in [-0.25, -0.2) is 9.59 Å². The van der Waals surface area contributed by atoms with Crippen LogP contribution in [0.5, 0.6) is 0 Å². The van der Waals surface area contributed by atoms with Gasteiger partial charge in [0.15, 0.2) is 4.80 Å². The van der Waals surface area contributed by atoms with Gasteiger partial charge in [0, 0.05) is 18.5 Å². The Kier molecular flexibility index (Phi) is 6.29. The van der Waals surface area contributed by atoms with Crippen molar-refractivity contribution in [3.8, 4) is 0 Å². The number of amides is 1. The molecule has 0 saturated heterocycles. The van der Waals surface area contributed by atoms with Crippen LogP contribution in [0.3, 0.4) is 0 Å². The number of nitrogens with zero attached hydrogens (tertiary/aromatic N) is 2. The van der Waals surface area contributed by atoms with Crippen molar-refractivity contribution in [3.63, 3.8) is 0 Å². The van der Waals surface area contributed by atoms with E-state index in [1.54, 1.807) is 42.5 Å². The van der Waals surface area contributed by atoms with Gasteiger partial charge < -0.3 is 18.5 Å². The first kappa shape index (κ1) is 21.7. The summed E-state index contributed by atoms with van der Waals surface area (Å²) in [6.45, 7) is 3.32.